The molecule has 0 saturated heterocycles. The number of allylic oxidation sites excluding steroid dienone is 4. The van der Waals surface area contributed by atoms with E-state index in [1.807, 2.05) is 32.1 Å². The molecule has 0 aliphatic carbocycles. The van der Waals surface area contributed by atoms with Crippen LogP contribution in [0.15, 0.2) is 36.1 Å². The van der Waals surface area contributed by atoms with E-state index in [1.54, 1.807) is 0 Å². The summed E-state index contributed by atoms with van der Waals surface area (Å²) in [5, 5.41) is 0. The van der Waals surface area contributed by atoms with Gasteiger partial charge in [-0.05, 0) is 19.9 Å². The van der Waals surface area contributed by atoms with Crippen LogP contribution in [-0.4, -0.2) is 0 Å². The Kier molecular flexibility index (Phi) is 3.52. The highest BCUT2D eigenvalue weighted by Gasteiger charge is 1.76. The third-order valence-electron chi connectivity index (χ3n) is 0.894. The van der Waals surface area contributed by atoms with Crippen molar-refractivity contribution in [1.29, 1.82) is 0 Å². The molecule has 0 rings (SSSR count). The Morgan fingerprint density at radius 1 is 1.44 bits per heavy atom. The summed E-state index contributed by atoms with van der Waals surface area (Å²) in [4.78, 5) is 0. The molecule has 0 unspecified atom stereocenters. The summed E-state index contributed by atoms with van der Waals surface area (Å²) < 4.78 is 0. The lowest BCUT2D eigenvalue weighted by Gasteiger charge is -1.87. The zero-order valence-electron chi connectivity index (χ0n) is 6.02. The van der Waals surface area contributed by atoms with Crippen LogP contribution in [-0.2, 0) is 0 Å². The maximum atomic E-state index is 5.45. The van der Waals surface area contributed by atoms with E-state index < -0.39 is 0 Å². The summed E-state index contributed by atoms with van der Waals surface area (Å²) >= 11 is 0. The van der Waals surface area contributed by atoms with Gasteiger partial charge < -0.3 is 5.73 Å². The summed E-state index contributed by atoms with van der Waals surface area (Å²) in [6, 6.07) is 0. The van der Waals surface area contributed by atoms with Crippen molar-refractivity contribution in [3.63, 3.8) is 0 Å². The minimum atomic E-state index is 0.776. The molecule has 0 aromatic heterocycles. The monoisotopic (exact) mass is 123 g/mol. The van der Waals surface area contributed by atoms with E-state index in [0.717, 1.165) is 11.3 Å². The SMILES string of the molecule is C=C(C)/C=C\C(N)=C/C. The predicted octanol–water partition coefficient (Wildman–Crippen LogP) is 1.98. The fourth-order valence-electron chi connectivity index (χ4n) is 0.335. The van der Waals surface area contributed by atoms with Gasteiger partial charge in [0.2, 0.25) is 0 Å². The van der Waals surface area contributed by atoms with E-state index in [-0.39, 0.29) is 0 Å². The molecule has 0 heterocycles. The highest BCUT2D eigenvalue weighted by Crippen LogP contribution is 1.92. The molecule has 2 N–H and O–H groups in total. The smallest absolute Gasteiger partial charge is 0.0270 e. The Bertz CT molecular complexity index is 152. The number of nitrogens with two attached hydrogens (primary N) is 1. The highest BCUT2D eigenvalue weighted by molar-refractivity contribution is 5.22. The quantitative estimate of drug-likeness (QED) is 0.558. The molecule has 1 nitrogen and oxygen atoms in total. The van der Waals surface area contributed by atoms with E-state index in [4.69, 9.17) is 5.73 Å². The van der Waals surface area contributed by atoms with Gasteiger partial charge in [0.05, 0.1) is 0 Å². The zero-order valence-corrected chi connectivity index (χ0v) is 6.02. The first-order valence-corrected chi connectivity index (χ1v) is 2.92. The molecule has 0 aliphatic rings. The molecule has 0 aliphatic heterocycles. The maximum absolute atomic E-state index is 5.45. The largest absolute Gasteiger partial charge is 0.399 e. The number of hydrogen-bond donors (Lipinski definition) is 1. The summed E-state index contributed by atoms with van der Waals surface area (Å²) in [5.41, 5.74) is 7.24. The van der Waals surface area contributed by atoms with Crippen molar-refractivity contribution in [2.75, 3.05) is 0 Å². The summed E-state index contributed by atoms with van der Waals surface area (Å²) in [7, 11) is 0. The Morgan fingerprint density at radius 3 is 2.33 bits per heavy atom. The van der Waals surface area contributed by atoms with Crippen molar-refractivity contribution in [1.82, 2.24) is 0 Å². The van der Waals surface area contributed by atoms with Crippen molar-refractivity contribution in [3.05, 3.63) is 36.1 Å². The van der Waals surface area contributed by atoms with Gasteiger partial charge in [-0.2, -0.15) is 0 Å². The van der Waals surface area contributed by atoms with Crippen LogP contribution in [0.4, 0.5) is 0 Å². The van der Waals surface area contributed by atoms with Gasteiger partial charge in [-0.1, -0.05) is 24.3 Å². The minimum absolute atomic E-state index is 0.776. The first kappa shape index (κ1) is 8.02. The van der Waals surface area contributed by atoms with Gasteiger partial charge >= 0.3 is 0 Å². The summed E-state index contributed by atoms with van der Waals surface area (Å²) in [5.74, 6) is 0. The van der Waals surface area contributed by atoms with Gasteiger partial charge in [0.25, 0.3) is 0 Å². The van der Waals surface area contributed by atoms with Gasteiger partial charge in [-0.3, -0.25) is 0 Å². The van der Waals surface area contributed by atoms with Crippen molar-refractivity contribution in [2.24, 2.45) is 5.73 Å². The standard InChI is InChI=1S/C8H13N/c1-4-8(9)6-5-7(2)3/h4-6H,2,9H2,1,3H3/b6-5-,8-4+. The molecule has 0 atom stereocenters. The lowest BCUT2D eigenvalue weighted by atomic mass is 10.3. The number of hydrogen-bond acceptors (Lipinski definition) is 1. The zero-order chi connectivity index (χ0) is 7.28. The van der Waals surface area contributed by atoms with Gasteiger partial charge in [0.15, 0.2) is 0 Å². The van der Waals surface area contributed by atoms with E-state index in [0.29, 0.717) is 0 Å². The van der Waals surface area contributed by atoms with E-state index in [2.05, 4.69) is 6.58 Å². The van der Waals surface area contributed by atoms with Gasteiger partial charge in [0, 0.05) is 5.70 Å². The maximum Gasteiger partial charge on any atom is 0.0270 e. The Hall–Kier alpha value is -0.980. The molecule has 0 aromatic rings. The van der Waals surface area contributed by atoms with E-state index in [1.165, 1.54) is 0 Å². The van der Waals surface area contributed by atoms with E-state index in [9.17, 15) is 0 Å². The first-order chi connectivity index (χ1) is 4.16. The summed E-state index contributed by atoms with van der Waals surface area (Å²) in [6.07, 6.45) is 5.57. The molecule has 0 fully saturated rings. The lowest BCUT2D eigenvalue weighted by molar-refractivity contribution is 1.38. The Labute approximate surface area is 56.6 Å². The molecular weight excluding hydrogens is 110 g/mol. The van der Waals surface area contributed by atoms with Crippen molar-refractivity contribution in [3.8, 4) is 0 Å². The summed E-state index contributed by atoms with van der Waals surface area (Å²) in [6.45, 7) is 7.52. The average Bonchev–Trinajstić information content (AvgIpc) is 1.83. The lowest BCUT2D eigenvalue weighted by Crippen LogP contribution is -1.90. The van der Waals surface area contributed by atoms with Crippen LogP contribution in [0.25, 0.3) is 0 Å². The average molecular weight is 123 g/mol. The molecule has 0 saturated carbocycles. The van der Waals surface area contributed by atoms with Crippen LogP contribution in [0.1, 0.15) is 13.8 Å². The van der Waals surface area contributed by atoms with Crippen molar-refractivity contribution >= 4 is 0 Å². The third-order valence-corrected chi connectivity index (χ3v) is 0.894. The molecule has 50 valence electrons. The second-order valence-electron chi connectivity index (χ2n) is 1.97. The molecule has 9 heavy (non-hydrogen) atoms. The van der Waals surface area contributed by atoms with Crippen molar-refractivity contribution in [2.45, 2.75) is 13.8 Å². The van der Waals surface area contributed by atoms with Gasteiger partial charge in [0.1, 0.15) is 0 Å². The topological polar surface area (TPSA) is 26.0 Å². The molecular formula is C8H13N. The molecule has 0 radical (unpaired) electrons. The Morgan fingerprint density at radius 2 is 2.00 bits per heavy atom. The molecule has 0 aromatic carbocycles. The van der Waals surface area contributed by atoms with E-state index >= 15 is 0 Å². The second kappa shape index (κ2) is 3.96. The highest BCUT2D eigenvalue weighted by atomic mass is 14.5. The van der Waals surface area contributed by atoms with Gasteiger partial charge in [-0.15, -0.1) is 0 Å². The normalized spacial score (nSPS) is 12.4. The fraction of sp³-hybridized carbons (Fsp3) is 0.250. The van der Waals surface area contributed by atoms with Crippen molar-refractivity contribution < 1.29 is 0 Å². The van der Waals surface area contributed by atoms with Crippen LogP contribution in [0.2, 0.25) is 0 Å². The molecule has 0 bridgehead atoms. The van der Waals surface area contributed by atoms with Crippen LogP contribution in [0.5, 0.6) is 0 Å². The fourth-order valence-corrected chi connectivity index (χ4v) is 0.335. The third kappa shape index (κ3) is 4.88. The van der Waals surface area contributed by atoms with Crippen LogP contribution in [0.3, 0.4) is 0 Å². The Balaban J connectivity index is 3.86. The second-order valence-corrected chi connectivity index (χ2v) is 1.97. The van der Waals surface area contributed by atoms with Crippen LogP contribution < -0.4 is 5.73 Å². The minimum Gasteiger partial charge on any atom is -0.399 e. The van der Waals surface area contributed by atoms with Crippen LogP contribution in [0, 0.1) is 0 Å². The van der Waals surface area contributed by atoms with Crippen LogP contribution >= 0.6 is 0 Å². The first-order valence-electron chi connectivity index (χ1n) is 2.92. The molecule has 0 amide bonds. The predicted molar refractivity (Wildman–Crippen MR) is 41.9 cm³/mol. The molecule has 0 spiro atoms. The number of rotatable bonds is 2. The van der Waals surface area contributed by atoms with Gasteiger partial charge in [-0.25, -0.2) is 0 Å². The molecule has 1 heteroatoms.